The molecule has 1 aliphatic heterocycles. The molecule has 216 valence electrons. The maximum Gasteiger partial charge on any atom is 0.408 e. The van der Waals surface area contributed by atoms with E-state index < -0.39 is 36.2 Å². The molecule has 4 aromatic rings. The summed E-state index contributed by atoms with van der Waals surface area (Å²) in [4.78, 5) is 44.6. The Morgan fingerprint density at radius 1 is 0.976 bits per heavy atom. The maximum absolute atomic E-state index is 13.7. The number of alkyl carbamates (subject to hydrolysis) is 1. The lowest BCUT2D eigenvalue weighted by atomic mass is 10.0. The first-order valence-electron chi connectivity index (χ1n) is 13.9. The van der Waals surface area contributed by atoms with E-state index >= 15 is 0 Å². The Labute approximate surface area is 244 Å². The van der Waals surface area contributed by atoms with Gasteiger partial charge in [0, 0.05) is 23.4 Å². The Hall–Kier alpha value is -4.92. The number of fused-ring (bicyclic) bond motifs is 1. The monoisotopic (exact) mass is 567 g/mol. The van der Waals surface area contributed by atoms with Gasteiger partial charge in [-0.2, -0.15) is 0 Å². The molecule has 0 aliphatic carbocycles. The first-order valence-corrected chi connectivity index (χ1v) is 13.9. The predicted octanol–water partition coefficient (Wildman–Crippen LogP) is 5.29. The van der Waals surface area contributed by atoms with Gasteiger partial charge in [0.25, 0.3) is 0 Å². The van der Waals surface area contributed by atoms with Gasteiger partial charge in [0.2, 0.25) is 5.91 Å². The van der Waals surface area contributed by atoms with Gasteiger partial charge in [0.15, 0.2) is 0 Å². The molecule has 3 unspecified atom stereocenters. The van der Waals surface area contributed by atoms with Gasteiger partial charge in [-0.3, -0.25) is 4.79 Å². The molecule has 5 rings (SSSR count). The number of pyridine rings is 1. The molecule has 0 radical (unpaired) electrons. The van der Waals surface area contributed by atoms with Crippen LogP contribution in [0.5, 0.6) is 5.75 Å². The first kappa shape index (κ1) is 28.6. The van der Waals surface area contributed by atoms with E-state index in [4.69, 9.17) is 14.5 Å². The van der Waals surface area contributed by atoms with Crippen molar-refractivity contribution in [3.05, 3.63) is 96.6 Å². The number of rotatable bonds is 9. The summed E-state index contributed by atoms with van der Waals surface area (Å²) in [5.74, 6) is -1.38. The van der Waals surface area contributed by atoms with Crippen molar-refractivity contribution >= 4 is 28.9 Å². The van der Waals surface area contributed by atoms with E-state index in [-0.39, 0.29) is 25.5 Å². The van der Waals surface area contributed by atoms with Crippen LogP contribution < -0.4 is 10.1 Å². The molecular weight excluding hydrogens is 534 g/mol. The molecule has 1 fully saturated rings. The van der Waals surface area contributed by atoms with Crippen LogP contribution in [-0.2, 0) is 20.9 Å². The lowest BCUT2D eigenvalue weighted by Crippen LogP contribution is -2.54. The second kappa shape index (κ2) is 12.7. The molecule has 2 heterocycles. The highest BCUT2D eigenvalue weighted by atomic mass is 16.5. The van der Waals surface area contributed by atoms with Gasteiger partial charge in [-0.25, -0.2) is 14.6 Å². The smallest absolute Gasteiger partial charge is 0.408 e. The number of hydrogen-bond acceptors (Lipinski definition) is 6. The fourth-order valence-electron chi connectivity index (χ4n) is 5.12. The third-order valence-electron chi connectivity index (χ3n) is 7.29. The zero-order chi connectivity index (χ0) is 29.6. The summed E-state index contributed by atoms with van der Waals surface area (Å²) >= 11 is 0. The summed E-state index contributed by atoms with van der Waals surface area (Å²) in [7, 11) is 0. The number of para-hydroxylation sites is 1. The average Bonchev–Trinajstić information content (AvgIpc) is 3.43. The summed E-state index contributed by atoms with van der Waals surface area (Å²) in [5.41, 5.74) is 3.20. The van der Waals surface area contributed by atoms with Crippen LogP contribution in [0, 0.1) is 5.92 Å². The molecule has 1 aromatic heterocycles. The predicted molar refractivity (Wildman–Crippen MR) is 158 cm³/mol. The van der Waals surface area contributed by atoms with Crippen LogP contribution in [0.15, 0.2) is 91.0 Å². The number of carbonyl (C=O) groups excluding carboxylic acids is 2. The lowest BCUT2D eigenvalue weighted by molar-refractivity contribution is -0.149. The topological polar surface area (TPSA) is 118 Å². The number of carboxylic acid groups (broad SMARTS) is 1. The van der Waals surface area contributed by atoms with Crippen molar-refractivity contribution in [2.75, 3.05) is 6.54 Å². The number of hydrogen-bond donors (Lipinski definition) is 2. The fraction of sp³-hybridized carbons (Fsp3) is 0.273. The molecule has 9 nitrogen and oxygen atoms in total. The summed E-state index contributed by atoms with van der Waals surface area (Å²) < 4.78 is 11.7. The summed E-state index contributed by atoms with van der Waals surface area (Å²) in [6.07, 6.45) is -1.23. The highest BCUT2D eigenvalue weighted by Gasteiger charge is 2.44. The van der Waals surface area contributed by atoms with Crippen LogP contribution >= 0.6 is 0 Å². The van der Waals surface area contributed by atoms with E-state index in [1.54, 1.807) is 13.8 Å². The molecule has 9 heteroatoms. The molecule has 42 heavy (non-hydrogen) atoms. The van der Waals surface area contributed by atoms with E-state index in [1.807, 2.05) is 91.0 Å². The molecule has 0 spiro atoms. The lowest BCUT2D eigenvalue weighted by Gasteiger charge is -2.29. The number of aromatic nitrogens is 1. The molecular formula is C33H33N3O6. The largest absolute Gasteiger partial charge is 0.488 e. The van der Waals surface area contributed by atoms with E-state index in [2.05, 4.69) is 5.32 Å². The van der Waals surface area contributed by atoms with Crippen LogP contribution in [-0.4, -0.2) is 57.7 Å². The summed E-state index contributed by atoms with van der Waals surface area (Å²) in [5, 5.41) is 13.5. The quantitative estimate of drug-likeness (QED) is 0.282. The third-order valence-corrected chi connectivity index (χ3v) is 7.29. The van der Waals surface area contributed by atoms with Crippen molar-refractivity contribution in [1.29, 1.82) is 0 Å². The number of likely N-dealkylation sites (tertiary alicyclic amines) is 1. The molecule has 0 bridgehead atoms. The van der Waals surface area contributed by atoms with E-state index in [0.717, 1.165) is 27.7 Å². The van der Waals surface area contributed by atoms with Crippen LogP contribution in [0.3, 0.4) is 0 Å². The molecule has 0 saturated carbocycles. The number of benzene rings is 3. The van der Waals surface area contributed by atoms with Crippen LogP contribution in [0.25, 0.3) is 22.2 Å². The number of amides is 2. The summed E-state index contributed by atoms with van der Waals surface area (Å²) in [6, 6.07) is 26.3. The Kier molecular flexibility index (Phi) is 8.66. The minimum absolute atomic E-state index is 0.0495. The molecule has 1 saturated heterocycles. The number of nitrogens with zero attached hydrogens (tertiary/aromatic N) is 2. The Morgan fingerprint density at radius 3 is 2.33 bits per heavy atom. The SMILES string of the molecule is CC(C)C(NC(=O)OCc1ccccc1)C(=O)N1CC(Oc2cc(-c3ccccc3)nc3ccccc23)CC1C(=O)O. The standard InChI is InChI=1S/C33H33N3O6/c1-21(2)30(35-33(40)41-20-22-11-5-3-6-12-22)31(37)36-19-24(17-28(36)32(38)39)42-29-18-27(23-13-7-4-8-14-23)34-26-16-10-9-15-25(26)29/h3-16,18,21,24,28,30H,17,19-20H2,1-2H3,(H,35,40)(H,38,39). The number of carboxylic acids is 1. The first-order chi connectivity index (χ1) is 20.3. The molecule has 3 aromatic carbocycles. The van der Waals surface area contributed by atoms with E-state index in [1.165, 1.54) is 4.90 Å². The van der Waals surface area contributed by atoms with Crippen molar-refractivity contribution < 1.29 is 29.0 Å². The molecule has 3 atom stereocenters. The summed E-state index contributed by atoms with van der Waals surface area (Å²) in [6.45, 7) is 3.67. The van der Waals surface area contributed by atoms with Gasteiger partial charge in [-0.05, 0) is 23.6 Å². The van der Waals surface area contributed by atoms with Crippen molar-refractivity contribution in [3.63, 3.8) is 0 Å². The van der Waals surface area contributed by atoms with Crippen molar-refractivity contribution in [1.82, 2.24) is 15.2 Å². The van der Waals surface area contributed by atoms with Crippen LogP contribution in [0.4, 0.5) is 4.79 Å². The van der Waals surface area contributed by atoms with Crippen molar-refractivity contribution in [2.24, 2.45) is 5.92 Å². The zero-order valence-corrected chi connectivity index (χ0v) is 23.5. The highest BCUT2D eigenvalue weighted by Crippen LogP contribution is 2.33. The van der Waals surface area contributed by atoms with Crippen molar-refractivity contribution in [2.45, 2.75) is 45.1 Å². The van der Waals surface area contributed by atoms with E-state index in [9.17, 15) is 19.5 Å². The fourth-order valence-corrected chi connectivity index (χ4v) is 5.12. The minimum atomic E-state index is -1.13. The second-order valence-corrected chi connectivity index (χ2v) is 10.6. The normalized spacial score (nSPS) is 17.2. The van der Waals surface area contributed by atoms with Gasteiger partial charge >= 0.3 is 12.1 Å². The van der Waals surface area contributed by atoms with Gasteiger partial charge in [-0.1, -0.05) is 86.6 Å². The Bertz CT molecular complexity index is 1560. The highest BCUT2D eigenvalue weighted by molar-refractivity contribution is 5.90. The van der Waals surface area contributed by atoms with E-state index in [0.29, 0.717) is 5.75 Å². The van der Waals surface area contributed by atoms with Gasteiger partial charge < -0.3 is 24.8 Å². The Morgan fingerprint density at radius 2 is 1.64 bits per heavy atom. The van der Waals surface area contributed by atoms with Crippen LogP contribution in [0.2, 0.25) is 0 Å². The number of carbonyl (C=O) groups is 3. The number of aliphatic carboxylic acids is 1. The van der Waals surface area contributed by atoms with Crippen LogP contribution in [0.1, 0.15) is 25.8 Å². The van der Waals surface area contributed by atoms with Gasteiger partial charge in [-0.15, -0.1) is 0 Å². The Balaban J connectivity index is 1.34. The second-order valence-electron chi connectivity index (χ2n) is 10.6. The van der Waals surface area contributed by atoms with Crippen molar-refractivity contribution in [3.8, 4) is 17.0 Å². The zero-order valence-electron chi connectivity index (χ0n) is 23.5. The average molecular weight is 568 g/mol. The molecule has 1 aliphatic rings. The van der Waals surface area contributed by atoms with Gasteiger partial charge in [0.05, 0.1) is 17.8 Å². The number of ether oxygens (including phenoxy) is 2. The third kappa shape index (κ3) is 6.52. The number of nitrogens with one attached hydrogen (secondary N) is 1. The van der Waals surface area contributed by atoms with Gasteiger partial charge in [0.1, 0.15) is 30.5 Å². The molecule has 2 N–H and O–H groups in total. The maximum atomic E-state index is 13.7. The molecule has 2 amide bonds. The minimum Gasteiger partial charge on any atom is -0.488 e.